The summed E-state index contributed by atoms with van der Waals surface area (Å²) < 4.78 is 4.80. The summed E-state index contributed by atoms with van der Waals surface area (Å²) in [4.78, 5) is 11.1. The third-order valence-corrected chi connectivity index (χ3v) is 1.60. The number of aliphatic hydroxyl groups excluding tert-OH is 1. The minimum Gasteiger partial charge on any atom is -0.466 e. The molecule has 0 fully saturated rings. The van der Waals surface area contributed by atoms with Crippen LogP contribution in [0.3, 0.4) is 0 Å². The molecule has 0 aromatic rings. The van der Waals surface area contributed by atoms with Gasteiger partial charge in [0.05, 0.1) is 19.1 Å². The van der Waals surface area contributed by atoms with Crippen molar-refractivity contribution >= 4 is 5.97 Å². The van der Waals surface area contributed by atoms with Crippen LogP contribution in [0, 0.1) is 11.8 Å². The Labute approximate surface area is 73.7 Å². The second kappa shape index (κ2) is 6.00. The van der Waals surface area contributed by atoms with Gasteiger partial charge in [-0.05, 0) is 19.3 Å². The predicted molar refractivity (Wildman–Crippen MR) is 46.7 cm³/mol. The SMILES string of the molecule is CCOC(=O)C(CO)CC(C)C. The Morgan fingerprint density at radius 3 is 2.42 bits per heavy atom. The van der Waals surface area contributed by atoms with Gasteiger partial charge < -0.3 is 9.84 Å². The molecule has 1 N–H and O–H groups in total. The first kappa shape index (κ1) is 11.4. The van der Waals surface area contributed by atoms with Crippen molar-refractivity contribution in [2.45, 2.75) is 27.2 Å². The molecule has 0 saturated carbocycles. The lowest BCUT2D eigenvalue weighted by Gasteiger charge is -2.14. The topological polar surface area (TPSA) is 46.5 Å². The van der Waals surface area contributed by atoms with Crippen molar-refractivity contribution in [3.8, 4) is 0 Å². The Balaban J connectivity index is 3.87. The molecule has 72 valence electrons. The van der Waals surface area contributed by atoms with Gasteiger partial charge in [0.2, 0.25) is 0 Å². The number of aliphatic hydroxyl groups is 1. The van der Waals surface area contributed by atoms with E-state index in [9.17, 15) is 4.79 Å². The fourth-order valence-corrected chi connectivity index (χ4v) is 1.07. The summed E-state index contributed by atoms with van der Waals surface area (Å²) in [5, 5.41) is 8.87. The van der Waals surface area contributed by atoms with Crippen molar-refractivity contribution < 1.29 is 14.6 Å². The summed E-state index contributed by atoms with van der Waals surface area (Å²) >= 11 is 0. The molecule has 3 heteroatoms. The van der Waals surface area contributed by atoms with Crippen molar-refractivity contribution in [2.75, 3.05) is 13.2 Å². The average Bonchev–Trinajstić information content (AvgIpc) is 2.00. The lowest BCUT2D eigenvalue weighted by atomic mass is 9.98. The number of esters is 1. The third kappa shape index (κ3) is 4.34. The first-order chi connectivity index (χ1) is 5.61. The molecule has 0 spiro atoms. The minimum atomic E-state index is -0.343. The smallest absolute Gasteiger partial charge is 0.311 e. The highest BCUT2D eigenvalue weighted by molar-refractivity contribution is 5.72. The van der Waals surface area contributed by atoms with Crippen molar-refractivity contribution in [1.82, 2.24) is 0 Å². The van der Waals surface area contributed by atoms with Crippen LogP contribution in [0.5, 0.6) is 0 Å². The molecule has 1 unspecified atom stereocenters. The van der Waals surface area contributed by atoms with E-state index in [1.807, 2.05) is 13.8 Å². The Bertz CT molecular complexity index is 132. The molecule has 0 aromatic carbocycles. The van der Waals surface area contributed by atoms with Crippen molar-refractivity contribution in [3.05, 3.63) is 0 Å². The van der Waals surface area contributed by atoms with Crippen molar-refractivity contribution in [1.29, 1.82) is 0 Å². The first-order valence-electron chi connectivity index (χ1n) is 4.39. The van der Waals surface area contributed by atoms with Crippen LogP contribution < -0.4 is 0 Å². The number of carbonyl (C=O) groups excluding carboxylic acids is 1. The summed E-state index contributed by atoms with van der Waals surface area (Å²) in [6, 6.07) is 0. The van der Waals surface area contributed by atoms with Gasteiger partial charge in [-0.15, -0.1) is 0 Å². The molecule has 0 aliphatic rings. The highest BCUT2D eigenvalue weighted by atomic mass is 16.5. The molecule has 0 saturated heterocycles. The van der Waals surface area contributed by atoms with Gasteiger partial charge in [-0.3, -0.25) is 4.79 Å². The number of hydrogen-bond acceptors (Lipinski definition) is 3. The van der Waals surface area contributed by atoms with Crippen LogP contribution in [-0.2, 0) is 9.53 Å². The zero-order valence-electron chi connectivity index (χ0n) is 8.04. The maximum atomic E-state index is 11.1. The van der Waals surface area contributed by atoms with Gasteiger partial charge in [0.15, 0.2) is 0 Å². The highest BCUT2D eigenvalue weighted by Crippen LogP contribution is 2.12. The van der Waals surface area contributed by atoms with Crippen LogP contribution in [-0.4, -0.2) is 24.3 Å². The van der Waals surface area contributed by atoms with Crippen molar-refractivity contribution in [3.63, 3.8) is 0 Å². The molecule has 1 atom stereocenters. The summed E-state index contributed by atoms with van der Waals surface area (Å²) in [5.74, 6) is -0.217. The maximum Gasteiger partial charge on any atom is 0.311 e. The standard InChI is InChI=1S/C9H18O3/c1-4-12-9(11)8(6-10)5-7(2)3/h7-8,10H,4-6H2,1-3H3. The zero-order valence-corrected chi connectivity index (χ0v) is 8.04. The van der Waals surface area contributed by atoms with Gasteiger partial charge in [-0.1, -0.05) is 13.8 Å². The Morgan fingerprint density at radius 1 is 1.50 bits per heavy atom. The van der Waals surface area contributed by atoms with Gasteiger partial charge in [0, 0.05) is 0 Å². The molecule has 0 rings (SSSR count). The molecule has 0 aliphatic carbocycles. The zero-order chi connectivity index (χ0) is 9.56. The van der Waals surface area contributed by atoms with Gasteiger partial charge >= 0.3 is 5.97 Å². The van der Waals surface area contributed by atoms with E-state index in [-0.39, 0.29) is 18.5 Å². The number of hydrogen-bond donors (Lipinski definition) is 1. The molecule has 12 heavy (non-hydrogen) atoms. The van der Waals surface area contributed by atoms with Crippen LogP contribution in [0.1, 0.15) is 27.2 Å². The summed E-state index contributed by atoms with van der Waals surface area (Å²) in [6.45, 7) is 6.07. The number of rotatable bonds is 5. The minimum absolute atomic E-state index is 0.114. The van der Waals surface area contributed by atoms with Gasteiger partial charge in [0.25, 0.3) is 0 Å². The molecule has 0 heterocycles. The van der Waals surface area contributed by atoms with E-state index < -0.39 is 0 Å². The first-order valence-corrected chi connectivity index (χ1v) is 4.39. The van der Waals surface area contributed by atoms with Crippen molar-refractivity contribution in [2.24, 2.45) is 11.8 Å². The molecule has 0 bridgehead atoms. The summed E-state index contributed by atoms with van der Waals surface area (Å²) in [7, 11) is 0. The molecular weight excluding hydrogens is 156 g/mol. The Morgan fingerprint density at radius 2 is 2.08 bits per heavy atom. The molecular formula is C9H18O3. The van der Waals surface area contributed by atoms with E-state index in [0.29, 0.717) is 18.9 Å². The molecule has 0 amide bonds. The lowest BCUT2D eigenvalue weighted by Crippen LogP contribution is -2.22. The molecule has 3 nitrogen and oxygen atoms in total. The van der Waals surface area contributed by atoms with Crippen LogP contribution >= 0.6 is 0 Å². The predicted octanol–water partition coefficient (Wildman–Crippen LogP) is 1.20. The average molecular weight is 174 g/mol. The third-order valence-electron chi connectivity index (χ3n) is 1.60. The molecule has 0 aliphatic heterocycles. The normalized spacial score (nSPS) is 13.1. The fraction of sp³-hybridized carbons (Fsp3) is 0.889. The van der Waals surface area contributed by atoms with Crippen LogP contribution in [0.2, 0.25) is 0 Å². The van der Waals surface area contributed by atoms with E-state index in [1.165, 1.54) is 0 Å². The van der Waals surface area contributed by atoms with Crippen LogP contribution in [0.25, 0.3) is 0 Å². The van der Waals surface area contributed by atoms with E-state index in [4.69, 9.17) is 9.84 Å². The van der Waals surface area contributed by atoms with Gasteiger partial charge in [0.1, 0.15) is 0 Å². The summed E-state index contributed by atoms with van der Waals surface area (Å²) in [6.07, 6.45) is 0.690. The van der Waals surface area contributed by atoms with Gasteiger partial charge in [-0.2, -0.15) is 0 Å². The van der Waals surface area contributed by atoms with E-state index >= 15 is 0 Å². The highest BCUT2D eigenvalue weighted by Gasteiger charge is 2.19. The quantitative estimate of drug-likeness (QED) is 0.637. The number of carbonyl (C=O) groups is 1. The molecule has 0 radical (unpaired) electrons. The second-order valence-corrected chi connectivity index (χ2v) is 3.26. The van der Waals surface area contributed by atoms with E-state index in [2.05, 4.69) is 0 Å². The van der Waals surface area contributed by atoms with Crippen LogP contribution in [0.4, 0.5) is 0 Å². The lowest BCUT2D eigenvalue weighted by molar-refractivity contribution is -0.150. The Hall–Kier alpha value is -0.570. The number of ether oxygens (including phenoxy) is 1. The maximum absolute atomic E-state index is 11.1. The molecule has 0 aromatic heterocycles. The second-order valence-electron chi connectivity index (χ2n) is 3.26. The Kier molecular flexibility index (Phi) is 5.72. The van der Waals surface area contributed by atoms with E-state index in [1.54, 1.807) is 6.92 Å². The van der Waals surface area contributed by atoms with E-state index in [0.717, 1.165) is 0 Å². The monoisotopic (exact) mass is 174 g/mol. The largest absolute Gasteiger partial charge is 0.466 e. The summed E-state index contributed by atoms with van der Waals surface area (Å²) in [5.41, 5.74) is 0. The fourth-order valence-electron chi connectivity index (χ4n) is 1.07. The van der Waals surface area contributed by atoms with Gasteiger partial charge in [-0.25, -0.2) is 0 Å². The van der Waals surface area contributed by atoms with Crippen LogP contribution in [0.15, 0.2) is 0 Å².